The van der Waals surface area contributed by atoms with Crippen molar-refractivity contribution in [3.8, 4) is 17.2 Å². The second-order valence-corrected chi connectivity index (χ2v) is 3.42. The van der Waals surface area contributed by atoms with E-state index in [4.69, 9.17) is 20.4 Å². The zero-order valence-corrected chi connectivity index (χ0v) is 8.31. The molecule has 0 aliphatic carbocycles. The van der Waals surface area contributed by atoms with E-state index in [-0.39, 0.29) is 3.57 Å². The standard InChI is InChI=1S/C7H5IO5/c8-3-1-2(7(12)13)4(9)6(11)5(3)10/h1,9-11H,(H,12,13). The maximum atomic E-state index is 10.5. The van der Waals surface area contributed by atoms with Crippen LogP contribution in [0.5, 0.6) is 17.2 Å². The van der Waals surface area contributed by atoms with E-state index in [1.807, 2.05) is 0 Å². The normalized spacial score (nSPS) is 9.92. The highest BCUT2D eigenvalue weighted by Gasteiger charge is 2.19. The Morgan fingerprint density at radius 2 is 1.69 bits per heavy atom. The van der Waals surface area contributed by atoms with Gasteiger partial charge in [-0.2, -0.15) is 0 Å². The lowest BCUT2D eigenvalue weighted by Crippen LogP contribution is -1.97. The minimum Gasteiger partial charge on any atom is -0.504 e. The molecule has 0 aliphatic rings. The van der Waals surface area contributed by atoms with Gasteiger partial charge in [-0.25, -0.2) is 4.79 Å². The number of benzene rings is 1. The van der Waals surface area contributed by atoms with Gasteiger partial charge < -0.3 is 20.4 Å². The lowest BCUT2D eigenvalue weighted by molar-refractivity contribution is 0.0693. The van der Waals surface area contributed by atoms with E-state index in [2.05, 4.69) is 0 Å². The predicted molar refractivity (Wildman–Crippen MR) is 51.1 cm³/mol. The number of phenolic OH excluding ortho intramolecular Hbond substituents is 2. The molecule has 0 aliphatic heterocycles. The first-order valence-corrected chi connectivity index (χ1v) is 4.19. The van der Waals surface area contributed by atoms with Gasteiger partial charge in [0.05, 0.1) is 3.57 Å². The Morgan fingerprint density at radius 1 is 1.15 bits per heavy atom. The molecule has 5 nitrogen and oxygen atoms in total. The van der Waals surface area contributed by atoms with Gasteiger partial charge in [0, 0.05) is 0 Å². The van der Waals surface area contributed by atoms with Crippen LogP contribution in [0.3, 0.4) is 0 Å². The summed E-state index contributed by atoms with van der Waals surface area (Å²) < 4.78 is 0.158. The maximum absolute atomic E-state index is 10.5. The number of carboxylic acid groups (broad SMARTS) is 1. The molecule has 0 saturated heterocycles. The molecule has 0 spiro atoms. The van der Waals surface area contributed by atoms with Crippen molar-refractivity contribution in [2.75, 3.05) is 0 Å². The van der Waals surface area contributed by atoms with Gasteiger partial charge in [-0.1, -0.05) is 0 Å². The number of phenols is 3. The third-order valence-corrected chi connectivity index (χ3v) is 2.25. The first kappa shape index (κ1) is 9.90. The monoisotopic (exact) mass is 296 g/mol. The molecular formula is C7H5IO5. The summed E-state index contributed by atoms with van der Waals surface area (Å²) in [6.45, 7) is 0. The third kappa shape index (κ3) is 1.62. The summed E-state index contributed by atoms with van der Waals surface area (Å²) in [5.74, 6) is -3.54. The molecule has 0 heterocycles. The Bertz CT molecular complexity index is 374. The number of hydrogen-bond donors (Lipinski definition) is 4. The lowest BCUT2D eigenvalue weighted by atomic mass is 10.2. The fourth-order valence-electron chi connectivity index (χ4n) is 0.779. The Balaban J connectivity index is 3.50. The molecule has 0 aromatic heterocycles. The van der Waals surface area contributed by atoms with Gasteiger partial charge in [0.15, 0.2) is 11.5 Å². The number of hydrogen-bond acceptors (Lipinski definition) is 4. The maximum Gasteiger partial charge on any atom is 0.339 e. The van der Waals surface area contributed by atoms with Gasteiger partial charge in [-0.05, 0) is 28.7 Å². The number of carbonyl (C=O) groups is 1. The van der Waals surface area contributed by atoms with Crippen LogP contribution in [0.1, 0.15) is 10.4 Å². The average Bonchev–Trinajstić information content (AvgIpc) is 2.07. The first-order valence-electron chi connectivity index (χ1n) is 3.11. The minimum atomic E-state index is -1.37. The summed E-state index contributed by atoms with van der Waals surface area (Å²) in [6, 6.07) is 1.06. The summed E-state index contributed by atoms with van der Waals surface area (Å²) in [7, 11) is 0. The molecule has 0 bridgehead atoms. The molecule has 0 atom stereocenters. The van der Waals surface area contributed by atoms with Crippen LogP contribution in [-0.4, -0.2) is 26.4 Å². The first-order chi connectivity index (χ1) is 5.95. The lowest BCUT2D eigenvalue weighted by Gasteiger charge is -2.05. The Hall–Kier alpha value is -1.18. The third-order valence-electron chi connectivity index (χ3n) is 1.43. The molecule has 70 valence electrons. The van der Waals surface area contributed by atoms with Gasteiger partial charge in [-0.3, -0.25) is 0 Å². The van der Waals surface area contributed by atoms with E-state index in [0.717, 1.165) is 6.07 Å². The molecule has 4 N–H and O–H groups in total. The van der Waals surface area contributed by atoms with Crippen molar-refractivity contribution in [1.82, 2.24) is 0 Å². The number of halogens is 1. The smallest absolute Gasteiger partial charge is 0.339 e. The van der Waals surface area contributed by atoms with E-state index in [1.165, 1.54) is 0 Å². The highest BCUT2D eigenvalue weighted by Crippen LogP contribution is 2.40. The van der Waals surface area contributed by atoms with Gasteiger partial charge in [0.25, 0.3) is 0 Å². The molecule has 1 aromatic carbocycles. The van der Waals surface area contributed by atoms with E-state index < -0.39 is 28.8 Å². The molecule has 0 amide bonds. The quantitative estimate of drug-likeness (QED) is 0.459. The van der Waals surface area contributed by atoms with Crippen molar-refractivity contribution >= 4 is 28.6 Å². The second kappa shape index (κ2) is 3.29. The molecule has 0 radical (unpaired) electrons. The molecule has 1 rings (SSSR count). The largest absolute Gasteiger partial charge is 0.504 e. The number of aromatic carboxylic acids is 1. The van der Waals surface area contributed by atoms with Crippen LogP contribution in [0.2, 0.25) is 0 Å². The van der Waals surface area contributed by atoms with Crippen LogP contribution < -0.4 is 0 Å². The predicted octanol–water partition coefficient (Wildman–Crippen LogP) is 1.11. The molecular weight excluding hydrogens is 291 g/mol. The van der Waals surface area contributed by atoms with Crippen LogP contribution in [0.15, 0.2) is 6.07 Å². The Labute approximate surface area is 86.4 Å². The summed E-state index contributed by atoms with van der Waals surface area (Å²) in [5, 5.41) is 35.8. The van der Waals surface area contributed by atoms with Crippen LogP contribution in [0, 0.1) is 3.57 Å². The van der Waals surface area contributed by atoms with Crippen LogP contribution in [0.4, 0.5) is 0 Å². The van der Waals surface area contributed by atoms with Crippen LogP contribution >= 0.6 is 22.6 Å². The van der Waals surface area contributed by atoms with Crippen molar-refractivity contribution in [2.45, 2.75) is 0 Å². The highest BCUT2D eigenvalue weighted by atomic mass is 127. The van der Waals surface area contributed by atoms with Crippen molar-refractivity contribution < 1.29 is 25.2 Å². The topological polar surface area (TPSA) is 98.0 Å². The Morgan fingerprint density at radius 3 is 2.15 bits per heavy atom. The summed E-state index contributed by atoms with van der Waals surface area (Å²) >= 11 is 1.64. The van der Waals surface area contributed by atoms with E-state index >= 15 is 0 Å². The average molecular weight is 296 g/mol. The number of carboxylic acids is 1. The van der Waals surface area contributed by atoms with E-state index in [1.54, 1.807) is 22.6 Å². The van der Waals surface area contributed by atoms with Gasteiger partial charge in [-0.15, -0.1) is 0 Å². The van der Waals surface area contributed by atoms with Crippen molar-refractivity contribution in [2.24, 2.45) is 0 Å². The number of rotatable bonds is 1. The van der Waals surface area contributed by atoms with Crippen molar-refractivity contribution in [3.63, 3.8) is 0 Å². The summed E-state index contributed by atoms with van der Waals surface area (Å²) in [6.07, 6.45) is 0. The fourth-order valence-corrected chi connectivity index (χ4v) is 1.35. The second-order valence-electron chi connectivity index (χ2n) is 2.26. The summed E-state index contributed by atoms with van der Waals surface area (Å²) in [5.41, 5.74) is -0.445. The molecule has 0 saturated carbocycles. The highest BCUT2D eigenvalue weighted by molar-refractivity contribution is 14.1. The van der Waals surface area contributed by atoms with Crippen molar-refractivity contribution in [1.29, 1.82) is 0 Å². The van der Waals surface area contributed by atoms with Gasteiger partial charge >= 0.3 is 5.97 Å². The van der Waals surface area contributed by atoms with Gasteiger partial charge in [0.1, 0.15) is 5.56 Å². The van der Waals surface area contributed by atoms with Crippen LogP contribution in [-0.2, 0) is 0 Å². The minimum absolute atomic E-state index is 0.158. The number of aromatic hydroxyl groups is 3. The zero-order valence-electron chi connectivity index (χ0n) is 6.15. The fraction of sp³-hybridized carbons (Fsp3) is 0. The zero-order chi connectivity index (χ0) is 10.2. The van der Waals surface area contributed by atoms with Crippen molar-refractivity contribution in [3.05, 3.63) is 15.2 Å². The molecule has 1 aromatic rings. The summed E-state index contributed by atoms with van der Waals surface area (Å²) in [4.78, 5) is 10.5. The molecule has 13 heavy (non-hydrogen) atoms. The van der Waals surface area contributed by atoms with Gasteiger partial charge in [0.2, 0.25) is 5.75 Å². The Kier molecular flexibility index (Phi) is 2.50. The molecule has 0 unspecified atom stereocenters. The van der Waals surface area contributed by atoms with E-state index in [9.17, 15) is 4.79 Å². The SMILES string of the molecule is O=C(O)c1cc(I)c(O)c(O)c1O. The molecule has 0 fully saturated rings. The van der Waals surface area contributed by atoms with Crippen LogP contribution in [0.25, 0.3) is 0 Å². The van der Waals surface area contributed by atoms with E-state index in [0.29, 0.717) is 0 Å². The molecule has 6 heteroatoms.